The number of alkyl halides is 3. The monoisotopic (exact) mass is 257 g/mol. The maximum absolute atomic E-state index is 12.3. The van der Waals surface area contributed by atoms with Crippen LogP contribution in [-0.4, -0.2) is 10.2 Å². The van der Waals surface area contributed by atoms with Crippen LogP contribution >= 0.6 is 0 Å². The van der Waals surface area contributed by atoms with Gasteiger partial charge in [-0.25, -0.2) is 0 Å². The molecular formula is C11H10F3N3O. The highest BCUT2D eigenvalue weighted by atomic mass is 19.4. The molecule has 0 aliphatic rings. The van der Waals surface area contributed by atoms with Crippen LogP contribution in [0.5, 0.6) is 0 Å². The van der Waals surface area contributed by atoms with Gasteiger partial charge < -0.3 is 9.73 Å². The molecule has 7 heteroatoms. The number of rotatable bonds is 3. The van der Waals surface area contributed by atoms with Crippen LogP contribution in [-0.2, 0) is 12.7 Å². The van der Waals surface area contributed by atoms with Gasteiger partial charge in [0.05, 0.1) is 12.1 Å². The second-order valence-corrected chi connectivity index (χ2v) is 3.64. The Morgan fingerprint density at radius 1 is 1.17 bits per heavy atom. The number of hydrogen-bond acceptors (Lipinski definition) is 4. The van der Waals surface area contributed by atoms with Crippen molar-refractivity contribution < 1.29 is 17.6 Å². The average Bonchev–Trinajstić information content (AvgIpc) is 2.72. The molecule has 0 unspecified atom stereocenters. The van der Waals surface area contributed by atoms with Crippen molar-refractivity contribution in [2.75, 3.05) is 5.32 Å². The lowest BCUT2D eigenvalue weighted by Gasteiger charge is -2.08. The fraction of sp³-hybridized carbons (Fsp3) is 0.273. The summed E-state index contributed by atoms with van der Waals surface area (Å²) in [5.41, 5.74) is -0.125. The summed E-state index contributed by atoms with van der Waals surface area (Å²) in [6.45, 7) is 1.93. The van der Waals surface area contributed by atoms with Crippen LogP contribution in [0.3, 0.4) is 0 Å². The summed E-state index contributed by atoms with van der Waals surface area (Å²) in [7, 11) is 0. The highest BCUT2D eigenvalue weighted by Crippen LogP contribution is 2.29. The van der Waals surface area contributed by atoms with E-state index < -0.39 is 11.7 Å². The predicted octanol–water partition coefficient (Wildman–Crippen LogP) is 3.01. The van der Waals surface area contributed by atoms with Gasteiger partial charge in [0.2, 0.25) is 11.8 Å². The number of nitrogens with one attached hydrogen (secondary N) is 1. The molecule has 0 amide bonds. The van der Waals surface area contributed by atoms with Crippen molar-refractivity contribution in [2.45, 2.75) is 19.6 Å². The topological polar surface area (TPSA) is 51.0 Å². The van der Waals surface area contributed by atoms with E-state index in [1.165, 1.54) is 12.1 Å². The minimum atomic E-state index is -4.32. The number of nitrogens with zero attached hydrogens (tertiary/aromatic N) is 2. The van der Waals surface area contributed by atoms with Gasteiger partial charge in [0.15, 0.2) is 0 Å². The minimum Gasteiger partial charge on any atom is -0.424 e. The first kappa shape index (κ1) is 12.4. The van der Waals surface area contributed by atoms with Gasteiger partial charge in [-0.3, -0.25) is 0 Å². The van der Waals surface area contributed by atoms with E-state index in [0.717, 1.165) is 12.1 Å². The van der Waals surface area contributed by atoms with Crippen molar-refractivity contribution in [2.24, 2.45) is 0 Å². The summed E-state index contributed by atoms with van der Waals surface area (Å²) in [5.74, 6) is 0.826. The molecule has 0 saturated heterocycles. The van der Waals surface area contributed by atoms with Crippen LogP contribution in [0.4, 0.5) is 18.9 Å². The van der Waals surface area contributed by atoms with Crippen molar-refractivity contribution >= 4 is 5.69 Å². The molecule has 1 heterocycles. The lowest BCUT2D eigenvalue weighted by Crippen LogP contribution is -2.05. The van der Waals surface area contributed by atoms with Gasteiger partial charge >= 0.3 is 6.18 Å². The third-order valence-electron chi connectivity index (χ3n) is 2.22. The normalized spacial score (nSPS) is 11.6. The Balaban J connectivity index is 1.98. The first-order valence-electron chi connectivity index (χ1n) is 5.15. The summed E-state index contributed by atoms with van der Waals surface area (Å²) in [4.78, 5) is 0. The molecule has 1 N–H and O–H groups in total. The van der Waals surface area contributed by atoms with Gasteiger partial charge in [0.25, 0.3) is 0 Å². The molecule has 0 spiro atoms. The molecule has 0 bridgehead atoms. The molecule has 0 radical (unpaired) electrons. The molecular weight excluding hydrogens is 247 g/mol. The molecule has 1 aromatic carbocycles. The molecule has 0 fully saturated rings. The second-order valence-electron chi connectivity index (χ2n) is 3.64. The Morgan fingerprint density at radius 2 is 1.83 bits per heavy atom. The van der Waals surface area contributed by atoms with E-state index in [0.29, 0.717) is 17.5 Å². The Labute approximate surface area is 101 Å². The molecule has 0 saturated carbocycles. The Hall–Kier alpha value is -2.05. The lowest BCUT2D eigenvalue weighted by molar-refractivity contribution is -0.137. The first-order chi connectivity index (χ1) is 8.45. The van der Waals surface area contributed by atoms with Crippen molar-refractivity contribution in [3.05, 3.63) is 41.6 Å². The fourth-order valence-electron chi connectivity index (χ4n) is 1.36. The fourth-order valence-corrected chi connectivity index (χ4v) is 1.36. The largest absolute Gasteiger partial charge is 0.424 e. The molecule has 2 aromatic rings. The quantitative estimate of drug-likeness (QED) is 0.918. The SMILES string of the molecule is Cc1nnc(CNc2ccc(C(F)(F)F)cc2)o1. The highest BCUT2D eigenvalue weighted by molar-refractivity contribution is 5.45. The van der Waals surface area contributed by atoms with Crippen molar-refractivity contribution in [1.29, 1.82) is 0 Å². The van der Waals surface area contributed by atoms with Gasteiger partial charge in [-0.1, -0.05) is 0 Å². The van der Waals surface area contributed by atoms with Crippen LogP contribution in [0.25, 0.3) is 0 Å². The van der Waals surface area contributed by atoms with Gasteiger partial charge in [0, 0.05) is 12.6 Å². The summed E-state index contributed by atoms with van der Waals surface area (Å²) >= 11 is 0. The van der Waals surface area contributed by atoms with E-state index in [-0.39, 0.29) is 6.54 Å². The van der Waals surface area contributed by atoms with Gasteiger partial charge in [-0.05, 0) is 24.3 Å². The van der Waals surface area contributed by atoms with Crippen molar-refractivity contribution in [1.82, 2.24) is 10.2 Å². The summed E-state index contributed by atoms with van der Waals surface area (Å²) in [6.07, 6.45) is -4.32. The van der Waals surface area contributed by atoms with Crippen LogP contribution in [0.15, 0.2) is 28.7 Å². The van der Waals surface area contributed by atoms with Crippen LogP contribution in [0.1, 0.15) is 17.3 Å². The zero-order chi connectivity index (χ0) is 13.2. The molecule has 0 atom stereocenters. The standard InChI is InChI=1S/C11H10F3N3O/c1-7-16-17-10(18-7)6-15-9-4-2-8(3-5-9)11(12,13)14/h2-5,15H,6H2,1H3. The highest BCUT2D eigenvalue weighted by Gasteiger charge is 2.29. The average molecular weight is 257 g/mol. The third kappa shape index (κ3) is 2.99. The third-order valence-corrected chi connectivity index (χ3v) is 2.22. The maximum atomic E-state index is 12.3. The predicted molar refractivity (Wildman–Crippen MR) is 57.8 cm³/mol. The summed E-state index contributed by atoms with van der Waals surface area (Å²) < 4.78 is 42.1. The molecule has 2 rings (SSSR count). The van der Waals surface area contributed by atoms with Crippen LogP contribution in [0, 0.1) is 6.92 Å². The number of benzene rings is 1. The van der Waals surface area contributed by atoms with Gasteiger partial charge in [0.1, 0.15) is 0 Å². The maximum Gasteiger partial charge on any atom is 0.416 e. The Kier molecular flexibility index (Phi) is 3.22. The van der Waals surface area contributed by atoms with Gasteiger partial charge in [-0.2, -0.15) is 13.2 Å². The lowest BCUT2D eigenvalue weighted by atomic mass is 10.2. The van der Waals surface area contributed by atoms with Crippen molar-refractivity contribution in [3.63, 3.8) is 0 Å². The molecule has 0 aliphatic heterocycles. The summed E-state index contributed by atoms with van der Waals surface area (Å²) in [5, 5.41) is 10.3. The smallest absolute Gasteiger partial charge is 0.416 e. The number of halogens is 3. The van der Waals surface area contributed by atoms with E-state index in [1.807, 2.05) is 0 Å². The number of aromatic nitrogens is 2. The molecule has 18 heavy (non-hydrogen) atoms. The number of hydrogen-bond donors (Lipinski definition) is 1. The zero-order valence-corrected chi connectivity index (χ0v) is 9.45. The molecule has 1 aromatic heterocycles. The number of aryl methyl sites for hydroxylation is 1. The van der Waals surface area contributed by atoms with E-state index in [9.17, 15) is 13.2 Å². The van der Waals surface area contributed by atoms with Crippen molar-refractivity contribution in [3.8, 4) is 0 Å². The summed E-state index contributed by atoms with van der Waals surface area (Å²) in [6, 6.07) is 4.74. The molecule has 0 aliphatic carbocycles. The number of anilines is 1. The zero-order valence-electron chi connectivity index (χ0n) is 9.45. The molecule has 96 valence electrons. The van der Waals surface area contributed by atoms with E-state index in [2.05, 4.69) is 15.5 Å². The van der Waals surface area contributed by atoms with Crippen LogP contribution in [0.2, 0.25) is 0 Å². The first-order valence-corrected chi connectivity index (χ1v) is 5.15. The Bertz CT molecular complexity index is 519. The Morgan fingerprint density at radius 3 is 2.33 bits per heavy atom. The van der Waals surface area contributed by atoms with E-state index in [1.54, 1.807) is 6.92 Å². The van der Waals surface area contributed by atoms with E-state index >= 15 is 0 Å². The van der Waals surface area contributed by atoms with E-state index in [4.69, 9.17) is 4.42 Å². The molecule has 4 nitrogen and oxygen atoms in total. The second kappa shape index (κ2) is 4.67. The van der Waals surface area contributed by atoms with Gasteiger partial charge in [-0.15, -0.1) is 10.2 Å². The van der Waals surface area contributed by atoms with Crippen LogP contribution < -0.4 is 5.32 Å². The minimum absolute atomic E-state index is 0.270.